The fraction of sp³-hybridized carbons (Fsp3) is 0.545. The maximum atomic E-state index is 12.5. The number of H-pyrrole nitrogens is 1. The summed E-state index contributed by atoms with van der Waals surface area (Å²) in [5, 5.41) is 14.2. The second kappa shape index (κ2) is 4.98. The van der Waals surface area contributed by atoms with Gasteiger partial charge in [0.05, 0.1) is 6.20 Å². The Kier molecular flexibility index (Phi) is 3.30. The second-order valence-electron chi connectivity index (χ2n) is 4.94. The molecule has 1 aliphatic rings. The number of sulfonamides is 1. The number of nitrogens with one attached hydrogen (secondary N) is 1. The Morgan fingerprint density at radius 3 is 2.95 bits per heavy atom. The van der Waals surface area contributed by atoms with Crippen molar-refractivity contribution in [1.82, 2.24) is 29.3 Å². The quantitative estimate of drug-likeness (QED) is 0.867. The van der Waals surface area contributed by atoms with Crippen LogP contribution < -0.4 is 0 Å². The van der Waals surface area contributed by atoms with Gasteiger partial charge in [-0.05, 0) is 12.8 Å². The highest BCUT2D eigenvalue weighted by molar-refractivity contribution is 7.89. The Hall–Kier alpha value is -1.74. The molecule has 1 atom stereocenters. The molecule has 0 amide bonds. The first-order valence-corrected chi connectivity index (χ1v) is 7.86. The van der Waals surface area contributed by atoms with E-state index in [1.54, 1.807) is 6.33 Å². The third kappa shape index (κ3) is 2.22. The summed E-state index contributed by atoms with van der Waals surface area (Å²) in [5.41, 5.74) is 0. The number of nitrogens with zero attached hydrogens (tertiary/aromatic N) is 5. The lowest BCUT2D eigenvalue weighted by molar-refractivity contribution is 0.306. The van der Waals surface area contributed by atoms with Crippen molar-refractivity contribution in [2.45, 2.75) is 23.7 Å². The smallest absolute Gasteiger partial charge is 0.246 e. The fourth-order valence-electron chi connectivity index (χ4n) is 2.56. The first-order valence-electron chi connectivity index (χ1n) is 6.42. The minimum atomic E-state index is -3.47. The molecule has 1 N–H and O–H groups in total. The van der Waals surface area contributed by atoms with Crippen LogP contribution in [0.5, 0.6) is 0 Å². The van der Waals surface area contributed by atoms with Gasteiger partial charge in [-0.15, -0.1) is 10.2 Å². The zero-order valence-electron chi connectivity index (χ0n) is 11.1. The zero-order valence-corrected chi connectivity index (χ0v) is 11.9. The van der Waals surface area contributed by atoms with Crippen LogP contribution in [0.3, 0.4) is 0 Å². The first kappa shape index (κ1) is 13.3. The minimum absolute atomic E-state index is 0.0814. The highest BCUT2D eigenvalue weighted by atomic mass is 32.2. The lowest BCUT2D eigenvalue weighted by Crippen LogP contribution is -2.39. The molecule has 108 valence electrons. The molecule has 1 unspecified atom stereocenters. The molecule has 0 saturated carbocycles. The molecule has 2 aromatic heterocycles. The number of hydrogen-bond acceptors (Lipinski definition) is 5. The number of hydrogen-bond donors (Lipinski definition) is 1. The van der Waals surface area contributed by atoms with Gasteiger partial charge >= 0.3 is 0 Å². The first-order chi connectivity index (χ1) is 9.59. The van der Waals surface area contributed by atoms with Gasteiger partial charge < -0.3 is 4.57 Å². The summed E-state index contributed by atoms with van der Waals surface area (Å²) in [5.74, 6) is 0.912. The molecule has 1 saturated heterocycles. The summed E-state index contributed by atoms with van der Waals surface area (Å²) in [6, 6.07) is 0. The average Bonchev–Trinajstić information content (AvgIpc) is 3.10. The lowest BCUT2D eigenvalue weighted by Gasteiger charge is -2.30. The van der Waals surface area contributed by atoms with Crippen molar-refractivity contribution in [3.8, 4) is 0 Å². The molecule has 0 radical (unpaired) electrons. The van der Waals surface area contributed by atoms with E-state index in [1.165, 1.54) is 16.7 Å². The SMILES string of the molecule is Cn1cnnc1C1CCCN(S(=O)(=O)c2cn[nH]c2)C1. The summed E-state index contributed by atoms with van der Waals surface area (Å²) in [7, 11) is -1.60. The van der Waals surface area contributed by atoms with Gasteiger partial charge in [0.25, 0.3) is 0 Å². The topological polar surface area (TPSA) is 96.8 Å². The predicted molar refractivity (Wildman–Crippen MR) is 70.3 cm³/mol. The summed E-state index contributed by atoms with van der Waals surface area (Å²) in [4.78, 5) is 0.205. The van der Waals surface area contributed by atoms with Crippen LogP contribution in [0, 0.1) is 0 Å². The van der Waals surface area contributed by atoms with Crippen LogP contribution in [0.2, 0.25) is 0 Å². The third-order valence-corrected chi connectivity index (χ3v) is 5.44. The maximum absolute atomic E-state index is 12.5. The number of aromatic nitrogens is 5. The number of piperidine rings is 1. The molecule has 0 aromatic carbocycles. The van der Waals surface area contributed by atoms with Crippen LogP contribution in [-0.2, 0) is 17.1 Å². The Bertz CT molecular complexity index is 678. The molecule has 1 fully saturated rings. The largest absolute Gasteiger partial charge is 0.320 e. The third-order valence-electron chi connectivity index (χ3n) is 3.61. The molecule has 2 aromatic rings. The molecule has 0 spiro atoms. The van der Waals surface area contributed by atoms with Crippen molar-refractivity contribution in [2.24, 2.45) is 7.05 Å². The molecule has 3 rings (SSSR count). The predicted octanol–water partition coefficient (Wildman–Crippen LogP) is 0.106. The van der Waals surface area contributed by atoms with Gasteiger partial charge in [0.2, 0.25) is 10.0 Å². The molecule has 9 heteroatoms. The summed E-state index contributed by atoms with van der Waals surface area (Å²) in [6.45, 7) is 0.960. The molecule has 3 heterocycles. The van der Waals surface area contributed by atoms with Crippen LogP contribution in [0.15, 0.2) is 23.6 Å². The highest BCUT2D eigenvalue weighted by Gasteiger charge is 2.32. The van der Waals surface area contributed by atoms with E-state index in [0.717, 1.165) is 18.7 Å². The van der Waals surface area contributed by atoms with Crippen LogP contribution in [-0.4, -0.2) is 50.8 Å². The fourth-order valence-corrected chi connectivity index (χ4v) is 3.99. The van der Waals surface area contributed by atoms with Crippen molar-refractivity contribution in [2.75, 3.05) is 13.1 Å². The Morgan fingerprint density at radius 1 is 1.45 bits per heavy atom. The van der Waals surface area contributed by atoms with E-state index < -0.39 is 10.0 Å². The maximum Gasteiger partial charge on any atom is 0.246 e. The minimum Gasteiger partial charge on any atom is -0.320 e. The van der Waals surface area contributed by atoms with E-state index in [9.17, 15) is 8.42 Å². The van der Waals surface area contributed by atoms with Crippen molar-refractivity contribution >= 4 is 10.0 Å². The van der Waals surface area contributed by atoms with E-state index in [0.29, 0.717) is 13.1 Å². The Morgan fingerprint density at radius 2 is 2.30 bits per heavy atom. The number of rotatable bonds is 3. The summed E-state index contributed by atoms with van der Waals surface area (Å²) < 4.78 is 28.3. The number of aryl methyl sites for hydroxylation is 1. The Balaban J connectivity index is 1.84. The molecule has 0 bridgehead atoms. The molecular weight excluding hydrogens is 280 g/mol. The Labute approximate surface area is 116 Å². The highest BCUT2D eigenvalue weighted by Crippen LogP contribution is 2.28. The molecule has 20 heavy (non-hydrogen) atoms. The summed E-state index contributed by atoms with van der Waals surface area (Å²) >= 11 is 0. The zero-order chi connectivity index (χ0) is 14.2. The number of aromatic amines is 1. The van der Waals surface area contributed by atoms with E-state index >= 15 is 0 Å². The summed E-state index contributed by atoms with van der Waals surface area (Å²) in [6.07, 6.45) is 6.11. The van der Waals surface area contributed by atoms with E-state index in [2.05, 4.69) is 20.4 Å². The average molecular weight is 296 g/mol. The van der Waals surface area contributed by atoms with Crippen LogP contribution >= 0.6 is 0 Å². The molecule has 0 aliphatic carbocycles. The van der Waals surface area contributed by atoms with Gasteiger partial charge in [-0.1, -0.05) is 0 Å². The van der Waals surface area contributed by atoms with Crippen molar-refractivity contribution in [3.05, 3.63) is 24.5 Å². The van der Waals surface area contributed by atoms with Crippen molar-refractivity contribution in [1.29, 1.82) is 0 Å². The van der Waals surface area contributed by atoms with Gasteiger partial charge in [0.15, 0.2) is 0 Å². The van der Waals surface area contributed by atoms with Crippen LogP contribution in [0.4, 0.5) is 0 Å². The molecule has 1 aliphatic heterocycles. The van der Waals surface area contributed by atoms with Crippen LogP contribution in [0.25, 0.3) is 0 Å². The van der Waals surface area contributed by atoms with Gasteiger partial charge in [-0.25, -0.2) is 8.42 Å². The van der Waals surface area contributed by atoms with E-state index in [-0.39, 0.29) is 10.8 Å². The van der Waals surface area contributed by atoms with Crippen LogP contribution in [0.1, 0.15) is 24.6 Å². The van der Waals surface area contributed by atoms with Gasteiger partial charge in [-0.2, -0.15) is 9.40 Å². The van der Waals surface area contributed by atoms with Gasteiger partial charge in [-0.3, -0.25) is 5.10 Å². The normalized spacial score (nSPS) is 21.1. The van der Waals surface area contributed by atoms with Gasteiger partial charge in [0.1, 0.15) is 17.0 Å². The van der Waals surface area contributed by atoms with Gasteiger partial charge in [0, 0.05) is 32.3 Å². The lowest BCUT2D eigenvalue weighted by atomic mass is 9.99. The van der Waals surface area contributed by atoms with Crippen molar-refractivity contribution < 1.29 is 8.42 Å². The molecular formula is C11H16N6O2S. The standard InChI is InChI=1S/C11H16N6O2S/c1-16-8-14-15-11(16)9-3-2-4-17(7-9)20(18,19)10-5-12-13-6-10/h5-6,8-9H,2-4,7H2,1H3,(H,12,13). The van der Waals surface area contributed by atoms with Crippen molar-refractivity contribution in [3.63, 3.8) is 0 Å². The monoisotopic (exact) mass is 296 g/mol. The molecule has 8 nitrogen and oxygen atoms in total. The van der Waals surface area contributed by atoms with E-state index in [4.69, 9.17) is 0 Å². The van der Waals surface area contributed by atoms with E-state index in [1.807, 2.05) is 11.6 Å². The second-order valence-corrected chi connectivity index (χ2v) is 6.87.